The predicted molar refractivity (Wildman–Crippen MR) is 94.1 cm³/mol. The molecule has 0 radical (unpaired) electrons. The third kappa shape index (κ3) is 3.17. The van der Waals surface area contributed by atoms with Gasteiger partial charge in [0.25, 0.3) is 0 Å². The maximum atomic E-state index is 2.50. The Bertz CT molecular complexity index is 515. The van der Waals surface area contributed by atoms with Crippen LogP contribution in [0.3, 0.4) is 0 Å². The summed E-state index contributed by atoms with van der Waals surface area (Å²) in [5, 5.41) is 0. The lowest BCUT2D eigenvalue weighted by Crippen LogP contribution is -2.22. The van der Waals surface area contributed by atoms with Gasteiger partial charge in [0, 0.05) is 17.9 Å². The monoisotopic (exact) mass is 285 g/mol. The van der Waals surface area contributed by atoms with Crippen LogP contribution >= 0.6 is 0 Å². The normalized spacial score (nSPS) is 20.0. The molecule has 116 valence electrons. The lowest BCUT2D eigenvalue weighted by Gasteiger charge is -2.30. The van der Waals surface area contributed by atoms with Gasteiger partial charge >= 0.3 is 0 Å². The van der Waals surface area contributed by atoms with Gasteiger partial charge in [-0.1, -0.05) is 45.4 Å². The summed E-state index contributed by atoms with van der Waals surface area (Å²) in [6.07, 6.45) is 8.51. The fraction of sp³-hybridized carbons (Fsp3) is 0.600. The number of hydrogen-bond donors (Lipinski definition) is 0. The molecular formula is C20H31N. The van der Waals surface area contributed by atoms with Gasteiger partial charge in [-0.3, -0.25) is 0 Å². The molecule has 1 nitrogen and oxygen atoms in total. The lowest BCUT2D eigenvalue weighted by molar-refractivity contribution is 0.413. The van der Waals surface area contributed by atoms with Gasteiger partial charge in [-0.25, -0.2) is 0 Å². The molecule has 1 atom stereocenters. The molecule has 0 bridgehead atoms. The molecule has 1 saturated heterocycles. The minimum Gasteiger partial charge on any atom is -0.345 e. The molecule has 1 heteroatoms. The van der Waals surface area contributed by atoms with Crippen molar-refractivity contribution in [2.45, 2.75) is 72.1 Å². The van der Waals surface area contributed by atoms with E-state index in [1.807, 2.05) is 0 Å². The number of allylic oxidation sites excluding steroid dienone is 2. The van der Waals surface area contributed by atoms with Gasteiger partial charge in [0.05, 0.1) is 0 Å². The number of nitrogens with zero attached hydrogens (tertiary/aromatic N) is 1. The van der Waals surface area contributed by atoms with Crippen LogP contribution in [0.15, 0.2) is 30.0 Å². The number of hydrogen-bond acceptors (Lipinski definition) is 1. The second-order valence-electron chi connectivity index (χ2n) is 6.70. The summed E-state index contributed by atoms with van der Waals surface area (Å²) >= 11 is 0. The van der Waals surface area contributed by atoms with E-state index in [9.17, 15) is 0 Å². The van der Waals surface area contributed by atoms with E-state index in [0.717, 1.165) is 0 Å². The van der Waals surface area contributed by atoms with Gasteiger partial charge in [-0.05, 0) is 62.1 Å². The molecule has 0 aliphatic carbocycles. The zero-order chi connectivity index (χ0) is 15.5. The highest BCUT2D eigenvalue weighted by atomic mass is 15.2. The Hall–Kier alpha value is -1.24. The number of aryl methyl sites for hydroxylation is 1. The first-order valence-corrected chi connectivity index (χ1v) is 8.59. The molecule has 1 fully saturated rings. The predicted octanol–water partition coefficient (Wildman–Crippen LogP) is 5.97. The maximum Gasteiger partial charge on any atom is 0.0438 e. The van der Waals surface area contributed by atoms with Gasteiger partial charge in [-0.15, -0.1) is 0 Å². The minimum absolute atomic E-state index is 0.326. The summed E-state index contributed by atoms with van der Waals surface area (Å²) in [5.74, 6) is 0. The van der Waals surface area contributed by atoms with E-state index in [1.54, 1.807) is 0 Å². The molecule has 0 saturated carbocycles. The standard InChI is InChI=1S/C20H31N/c1-6-13-20(5,8-3)17-11-12-19(16(4)15-17)21-14-9-10-18(21)7-2/h7,11-12,15H,6,8-10,13-14H2,1-5H3/b18-7-. The highest BCUT2D eigenvalue weighted by Gasteiger charge is 2.25. The van der Waals surface area contributed by atoms with E-state index in [-0.39, 0.29) is 0 Å². The van der Waals surface area contributed by atoms with Crippen LogP contribution in [-0.2, 0) is 5.41 Å². The van der Waals surface area contributed by atoms with Crippen molar-refractivity contribution in [3.05, 3.63) is 41.1 Å². The van der Waals surface area contributed by atoms with E-state index in [0.29, 0.717) is 5.41 Å². The topological polar surface area (TPSA) is 3.24 Å². The number of benzene rings is 1. The fourth-order valence-corrected chi connectivity index (χ4v) is 3.68. The Morgan fingerprint density at radius 2 is 2.05 bits per heavy atom. The van der Waals surface area contributed by atoms with Crippen LogP contribution in [0, 0.1) is 6.92 Å². The molecule has 1 unspecified atom stereocenters. The molecule has 1 heterocycles. The Labute approximate surface area is 131 Å². The Balaban J connectivity index is 2.33. The van der Waals surface area contributed by atoms with Gasteiger partial charge in [0.15, 0.2) is 0 Å². The minimum atomic E-state index is 0.326. The third-order valence-electron chi connectivity index (χ3n) is 5.26. The van der Waals surface area contributed by atoms with Crippen molar-refractivity contribution in [2.75, 3.05) is 11.4 Å². The highest BCUT2D eigenvalue weighted by molar-refractivity contribution is 5.60. The van der Waals surface area contributed by atoms with Crippen LogP contribution in [0.4, 0.5) is 5.69 Å². The van der Waals surface area contributed by atoms with Gasteiger partial charge in [0.2, 0.25) is 0 Å². The van der Waals surface area contributed by atoms with E-state index < -0.39 is 0 Å². The van der Waals surface area contributed by atoms with Crippen molar-refractivity contribution < 1.29 is 0 Å². The van der Waals surface area contributed by atoms with Crippen LogP contribution < -0.4 is 4.90 Å². The van der Waals surface area contributed by atoms with E-state index in [1.165, 1.54) is 61.2 Å². The molecule has 1 aliphatic heterocycles. The van der Waals surface area contributed by atoms with E-state index in [2.05, 4.69) is 63.8 Å². The highest BCUT2D eigenvalue weighted by Crippen LogP contribution is 2.37. The quantitative estimate of drug-likeness (QED) is 0.644. The molecule has 2 rings (SSSR count). The van der Waals surface area contributed by atoms with Crippen LogP contribution in [0.1, 0.15) is 70.9 Å². The van der Waals surface area contributed by atoms with Crippen LogP contribution in [0.5, 0.6) is 0 Å². The summed E-state index contributed by atoms with van der Waals surface area (Å²) in [5.41, 5.74) is 6.14. The second-order valence-corrected chi connectivity index (χ2v) is 6.70. The molecule has 0 spiro atoms. The van der Waals surface area contributed by atoms with E-state index >= 15 is 0 Å². The Kier molecular flexibility index (Phi) is 5.13. The molecule has 0 aromatic heterocycles. The molecule has 1 aromatic carbocycles. The number of anilines is 1. The zero-order valence-corrected chi connectivity index (χ0v) is 14.5. The molecule has 0 N–H and O–H groups in total. The van der Waals surface area contributed by atoms with Crippen molar-refractivity contribution in [2.24, 2.45) is 0 Å². The zero-order valence-electron chi connectivity index (χ0n) is 14.5. The van der Waals surface area contributed by atoms with Crippen molar-refractivity contribution in [3.63, 3.8) is 0 Å². The van der Waals surface area contributed by atoms with Crippen molar-refractivity contribution in [1.82, 2.24) is 0 Å². The molecule has 1 aliphatic rings. The van der Waals surface area contributed by atoms with Crippen molar-refractivity contribution in [1.29, 1.82) is 0 Å². The lowest BCUT2D eigenvalue weighted by atomic mass is 9.76. The molecule has 1 aromatic rings. The van der Waals surface area contributed by atoms with E-state index in [4.69, 9.17) is 0 Å². The first kappa shape index (κ1) is 16.1. The van der Waals surface area contributed by atoms with Crippen LogP contribution in [0.2, 0.25) is 0 Å². The summed E-state index contributed by atoms with van der Waals surface area (Å²) in [6.45, 7) is 12.6. The first-order valence-electron chi connectivity index (χ1n) is 8.59. The number of rotatable bonds is 5. The molecule has 0 amide bonds. The van der Waals surface area contributed by atoms with Crippen molar-refractivity contribution in [3.8, 4) is 0 Å². The van der Waals surface area contributed by atoms with Gasteiger partial charge < -0.3 is 4.90 Å². The smallest absolute Gasteiger partial charge is 0.0438 e. The first-order chi connectivity index (χ1) is 10.1. The van der Waals surface area contributed by atoms with Crippen LogP contribution in [0.25, 0.3) is 0 Å². The van der Waals surface area contributed by atoms with Gasteiger partial charge in [0.1, 0.15) is 0 Å². The van der Waals surface area contributed by atoms with Crippen LogP contribution in [-0.4, -0.2) is 6.54 Å². The summed E-state index contributed by atoms with van der Waals surface area (Å²) in [4.78, 5) is 2.50. The average molecular weight is 285 g/mol. The summed E-state index contributed by atoms with van der Waals surface area (Å²) in [7, 11) is 0. The Morgan fingerprint density at radius 3 is 2.62 bits per heavy atom. The maximum absolute atomic E-state index is 2.50. The summed E-state index contributed by atoms with van der Waals surface area (Å²) in [6, 6.07) is 7.15. The largest absolute Gasteiger partial charge is 0.345 e. The molecule has 21 heavy (non-hydrogen) atoms. The average Bonchev–Trinajstić information content (AvgIpc) is 2.95. The van der Waals surface area contributed by atoms with Crippen molar-refractivity contribution >= 4 is 5.69 Å². The van der Waals surface area contributed by atoms with Gasteiger partial charge in [-0.2, -0.15) is 0 Å². The molecular weight excluding hydrogens is 254 g/mol. The Morgan fingerprint density at radius 1 is 1.29 bits per heavy atom. The second kappa shape index (κ2) is 6.68. The SMILES string of the molecule is C/C=C1/CCCN1c1ccc(C(C)(CC)CCC)cc1C. The summed E-state index contributed by atoms with van der Waals surface area (Å²) < 4.78 is 0. The third-order valence-corrected chi connectivity index (χ3v) is 5.26. The fourth-order valence-electron chi connectivity index (χ4n) is 3.68.